The zero-order valence-corrected chi connectivity index (χ0v) is 14.2. The van der Waals surface area contributed by atoms with Gasteiger partial charge in [-0.3, -0.25) is 9.59 Å². The molecule has 0 bridgehead atoms. The van der Waals surface area contributed by atoms with E-state index in [9.17, 15) is 9.59 Å². The van der Waals surface area contributed by atoms with Crippen LogP contribution in [0.1, 0.15) is 48.9 Å². The molecule has 1 saturated carbocycles. The molecule has 0 N–H and O–H groups in total. The van der Waals surface area contributed by atoms with E-state index in [1.165, 1.54) is 12.8 Å². The number of nitrogens with zero attached hydrogens (tertiary/aromatic N) is 2. The van der Waals surface area contributed by atoms with Crippen LogP contribution in [0.2, 0.25) is 0 Å². The van der Waals surface area contributed by atoms with Crippen LogP contribution < -0.4 is 0 Å². The fraction of sp³-hybridized carbons (Fsp3) is 0.600. The molecule has 3 aliphatic rings. The van der Waals surface area contributed by atoms with Gasteiger partial charge in [-0.2, -0.15) is 0 Å². The standard InChI is InChI=1S/C20H26N2O2/c23-18(17-5-2-1-3-6-17)21-12-4-9-20(10-13-21)11-14-22(19(20)24)15-16-7-8-16/h1-3,5-6,16H,4,7-15H2. The highest BCUT2D eigenvalue weighted by Gasteiger charge is 2.48. The van der Waals surface area contributed by atoms with E-state index in [1.807, 2.05) is 35.2 Å². The molecule has 0 radical (unpaired) electrons. The summed E-state index contributed by atoms with van der Waals surface area (Å²) in [6, 6.07) is 9.49. The summed E-state index contributed by atoms with van der Waals surface area (Å²) in [6.45, 7) is 3.36. The lowest BCUT2D eigenvalue weighted by molar-refractivity contribution is -0.136. The van der Waals surface area contributed by atoms with Crippen molar-refractivity contribution in [3.05, 3.63) is 35.9 Å². The van der Waals surface area contributed by atoms with Crippen LogP contribution in [0.4, 0.5) is 0 Å². The van der Waals surface area contributed by atoms with Crippen LogP contribution in [0, 0.1) is 11.3 Å². The van der Waals surface area contributed by atoms with E-state index in [4.69, 9.17) is 0 Å². The van der Waals surface area contributed by atoms with Gasteiger partial charge in [0, 0.05) is 31.7 Å². The quantitative estimate of drug-likeness (QED) is 0.857. The molecule has 4 nitrogen and oxygen atoms in total. The van der Waals surface area contributed by atoms with Crippen molar-refractivity contribution in [1.29, 1.82) is 0 Å². The van der Waals surface area contributed by atoms with Crippen LogP contribution in [-0.2, 0) is 4.79 Å². The lowest BCUT2D eigenvalue weighted by Gasteiger charge is -2.27. The van der Waals surface area contributed by atoms with E-state index in [0.29, 0.717) is 12.5 Å². The minimum Gasteiger partial charge on any atom is -0.342 e. The van der Waals surface area contributed by atoms with Gasteiger partial charge < -0.3 is 9.80 Å². The molecule has 1 aromatic rings. The summed E-state index contributed by atoms with van der Waals surface area (Å²) in [6.07, 6.45) is 6.25. The molecule has 1 aromatic carbocycles. The highest BCUT2D eigenvalue weighted by Crippen LogP contribution is 2.43. The van der Waals surface area contributed by atoms with E-state index in [-0.39, 0.29) is 11.3 Å². The van der Waals surface area contributed by atoms with Gasteiger partial charge in [-0.05, 0) is 56.6 Å². The van der Waals surface area contributed by atoms with Crippen LogP contribution in [0.25, 0.3) is 0 Å². The van der Waals surface area contributed by atoms with E-state index in [0.717, 1.165) is 56.8 Å². The smallest absolute Gasteiger partial charge is 0.253 e. The van der Waals surface area contributed by atoms with Crippen LogP contribution in [0.15, 0.2) is 30.3 Å². The third-order valence-corrected chi connectivity index (χ3v) is 6.03. The third-order valence-electron chi connectivity index (χ3n) is 6.03. The molecule has 2 amide bonds. The molecule has 1 atom stereocenters. The Kier molecular flexibility index (Phi) is 4.07. The Morgan fingerprint density at radius 1 is 1.04 bits per heavy atom. The van der Waals surface area contributed by atoms with Gasteiger partial charge in [-0.1, -0.05) is 18.2 Å². The summed E-state index contributed by atoms with van der Waals surface area (Å²) in [7, 11) is 0. The van der Waals surface area contributed by atoms with E-state index >= 15 is 0 Å². The summed E-state index contributed by atoms with van der Waals surface area (Å²) in [5, 5.41) is 0. The number of hydrogen-bond acceptors (Lipinski definition) is 2. The summed E-state index contributed by atoms with van der Waals surface area (Å²) in [5.74, 6) is 1.22. The molecule has 1 spiro atoms. The Labute approximate surface area is 143 Å². The minimum atomic E-state index is -0.194. The number of carbonyl (C=O) groups is 2. The fourth-order valence-corrected chi connectivity index (χ4v) is 4.30. The summed E-state index contributed by atoms with van der Waals surface area (Å²) in [4.78, 5) is 29.7. The molecular weight excluding hydrogens is 300 g/mol. The predicted molar refractivity (Wildman–Crippen MR) is 92.6 cm³/mol. The van der Waals surface area contributed by atoms with Crippen molar-refractivity contribution >= 4 is 11.8 Å². The van der Waals surface area contributed by atoms with Gasteiger partial charge >= 0.3 is 0 Å². The summed E-state index contributed by atoms with van der Waals surface area (Å²) < 4.78 is 0. The monoisotopic (exact) mass is 326 g/mol. The third kappa shape index (κ3) is 2.94. The van der Waals surface area contributed by atoms with Crippen LogP contribution in [0.5, 0.6) is 0 Å². The zero-order valence-electron chi connectivity index (χ0n) is 14.2. The molecule has 2 aliphatic heterocycles. The van der Waals surface area contributed by atoms with Gasteiger partial charge in [0.25, 0.3) is 5.91 Å². The largest absolute Gasteiger partial charge is 0.342 e. The molecule has 0 aromatic heterocycles. The first-order valence-electron chi connectivity index (χ1n) is 9.32. The Balaban J connectivity index is 1.42. The normalized spacial score (nSPS) is 27.6. The van der Waals surface area contributed by atoms with Crippen molar-refractivity contribution in [3.63, 3.8) is 0 Å². The number of carbonyl (C=O) groups excluding carboxylic acids is 2. The van der Waals surface area contributed by atoms with Crippen molar-refractivity contribution in [1.82, 2.24) is 9.80 Å². The molecule has 3 fully saturated rings. The SMILES string of the molecule is O=C(c1ccccc1)N1CCCC2(CC1)CCN(CC1CC1)C2=O. The average molecular weight is 326 g/mol. The zero-order chi connectivity index (χ0) is 16.6. The lowest BCUT2D eigenvalue weighted by atomic mass is 9.79. The molecule has 1 unspecified atom stereocenters. The molecule has 2 heterocycles. The Morgan fingerprint density at radius 2 is 1.79 bits per heavy atom. The van der Waals surface area contributed by atoms with E-state index < -0.39 is 0 Å². The van der Waals surface area contributed by atoms with Crippen LogP contribution in [0.3, 0.4) is 0 Å². The van der Waals surface area contributed by atoms with Crippen molar-refractivity contribution < 1.29 is 9.59 Å². The second-order valence-electron chi connectivity index (χ2n) is 7.74. The molecule has 24 heavy (non-hydrogen) atoms. The van der Waals surface area contributed by atoms with Crippen molar-refractivity contribution in [3.8, 4) is 0 Å². The Bertz CT molecular complexity index is 626. The topological polar surface area (TPSA) is 40.6 Å². The highest BCUT2D eigenvalue weighted by atomic mass is 16.2. The molecule has 2 saturated heterocycles. The minimum absolute atomic E-state index is 0.105. The molecular formula is C20H26N2O2. The lowest BCUT2D eigenvalue weighted by Crippen LogP contribution is -2.37. The highest BCUT2D eigenvalue weighted by molar-refractivity contribution is 5.94. The first-order valence-corrected chi connectivity index (χ1v) is 9.32. The summed E-state index contributed by atoms with van der Waals surface area (Å²) >= 11 is 0. The number of hydrogen-bond donors (Lipinski definition) is 0. The number of likely N-dealkylation sites (tertiary alicyclic amines) is 2. The van der Waals surface area contributed by atoms with E-state index in [1.54, 1.807) is 0 Å². The van der Waals surface area contributed by atoms with Gasteiger partial charge in [0.2, 0.25) is 5.91 Å². The average Bonchev–Trinajstić information content (AvgIpc) is 3.40. The second-order valence-corrected chi connectivity index (χ2v) is 7.74. The van der Waals surface area contributed by atoms with Crippen molar-refractivity contribution in [2.24, 2.45) is 11.3 Å². The first kappa shape index (κ1) is 15.7. The molecule has 128 valence electrons. The van der Waals surface area contributed by atoms with Gasteiger partial charge in [0.05, 0.1) is 5.41 Å². The Morgan fingerprint density at radius 3 is 2.54 bits per heavy atom. The van der Waals surface area contributed by atoms with E-state index in [2.05, 4.69) is 4.90 Å². The molecule has 4 rings (SSSR count). The maximum atomic E-state index is 13.0. The number of benzene rings is 1. The number of amides is 2. The van der Waals surface area contributed by atoms with Gasteiger partial charge in [0.1, 0.15) is 0 Å². The van der Waals surface area contributed by atoms with Gasteiger partial charge in [-0.25, -0.2) is 0 Å². The maximum absolute atomic E-state index is 13.0. The Hall–Kier alpha value is -1.84. The van der Waals surface area contributed by atoms with Gasteiger partial charge in [-0.15, -0.1) is 0 Å². The van der Waals surface area contributed by atoms with Crippen molar-refractivity contribution in [2.75, 3.05) is 26.2 Å². The molecule has 1 aliphatic carbocycles. The number of rotatable bonds is 3. The van der Waals surface area contributed by atoms with Crippen molar-refractivity contribution in [2.45, 2.75) is 38.5 Å². The van der Waals surface area contributed by atoms with Gasteiger partial charge in [0.15, 0.2) is 0 Å². The summed E-state index contributed by atoms with van der Waals surface area (Å²) in [5.41, 5.74) is 0.558. The van der Waals surface area contributed by atoms with Crippen LogP contribution in [-0.4, -0.2) is 47.8 Å². The maximum Gasteiger partial charge on any atom is 0.253 e. The first-order chi connectivity index (χ1) is 11.7. The molecule has 4 heteroatoms. The predicted octanol–water partition coefficient (Wildman–Crippen LogP) is 2.94. The second kappa shape index (κ2) is 6.23. The fourth-order valence-electron chi connectivity index (χ4n) is 4.30. The van der Waals surface area contributed by atoms with Crippen LogP contribution >= 0.6 is 0 Å².